The summed E-state index contributed by atoms with van der Waals surface area (Å²) in [5.74, 6) is -0.222. The number of piperidine rings is 1. The minimum Gasteiger partial charge on any atom is -0.376 e. The van der Waals surface area contributed by atoms with Gasteiger partial charge in [0.1, 0.15) is 0 Å². The molecule has 0 saturated carbocycles. The van der Waals surface area contributed by atoms with Crippen LogP contribution in [-0.4, -0.2) is 36.3 Å². The van der Waals surface area contributed by atoms with Crippen LogP contribution >= 0.6 is 23.2 Å². The van der Waals surface area contributed by atoms with Gasteiger partial charge in [-0.05, 0) is 49.6 Å². The van der Waals surface area contributed by atoms with Crippen LogP contribution in [0.15, 0.2) is 42.5 Å². The summed E-state index contributed by atoms with van der Waals surface area (Å²) < 4.78 is 0. The maximum absolute atomic E-state index is 12.6. The zero-order valence-electron chi connectivity index (χ0n) is 14.8. The number of hydrogen-bond donors (Lipinski definition) is 2. The fourth-order valence-electron chi connectivity index (χ4n) is 3.02. The van der Waals surface area contributed by atoms with Crippen LogP contribution in [-0.2, 0) is 4.79 Å². The molecule has 1 saturated heterocycles. The predicted molar refractivity (Wildman–Crippen MR) is 110 cm³/mol. The van der Waals surface area contributed by atoms with Crippen LogP contribution in [0.4, 0.5) is 11.4 Å². The normalized spacial score (nSPS) is 13.9. The minimum atomic E-state index is -0.257. The summed E-state index contributed by atoms with van der Waals surface area (Å²) in [4.78, 5) is 26.6. The number of rotatable bonds is 5. The van der Waals surface area contributed by atoms with Crippen molar-refractivity contribution in [1.82, 2.24) is 4.90 Å². The zero-order valence-corrected chi connectivity index (χ0v) is 16.3. The van der Waals surface area contributed by atoms with E-state index in [2.05, 4.69) is 10.6 Å². The topological polar surface area (TPSA) is 61.4 Å². The molecule has 0 bridgehead atoms. The average Bonchev–Trinajstić information content (AvgIpc) is 2.70. The smallest absolute Gasteiger partial charge is 0.253 e. The molecule has 0 aromatic heterocycles. The molecule has 142 valence electrons. The number of halogens is 2. The molecule has 2 amide bonds. The molecule has 3 rings (SSSR count). The van der Waals surface area contributed by atoms with Gasteiger partial charge < -0.3 is 15.5 Å². The van der Waals surface area contributed by atoms with Gasteiger partial charge >= 0.3 is 0 Å². The molecule has 0 spiro atoms. The molecule has 0 unspecified atom stereocenters. The van der Waals surface area contributed by atoms with Crippen LogP contribution in [0, 0.1) is 0 Å². The van der Waals surface area contributed by atoms with E-state index in [4.69, 9.17) is 23.2 Å². The predicted octanol–water partition coefficient (Wildman–Crippen LogP) is 4.67. The maximum Gasteiger partial charge on any atom is 0.253 e. The molecule has 2 N–H and O–H groups in total. The number of nitrogens with one attached hydrogen (secondary N) is 2. The first-order valence-corrected chi connectivity index (χ1v) is 9.67. The van der Waals surface area contributed by atoms with Crippen LogP contribution in [0.1, 0.15) is 29.6 Å². The maximum atomic E-state index is 12.6. The second kappa shape index (κ2) is 9.11. The van der Waals surface area contributed by atoms with Crippen molar-refractivity contribution >= 4 is 46.4 Å². The molecule has 1 aliphatic rings. The molecule has 0 aliphatic carbocycles. The van der Waals surface area contributed by atoms with Gasteiger partial charge in [0, 0.05) is 24.3 Å². The van der Waals surface area contributed by atoms with Gasteiger partial charge in [-0.1, -0.05) is 35.3 Å². The quantitative estimate of drug-likeness (QED) is 0.759. The first kappa shape index (κ1) is 19.5. The van der Waals surface area contributed by atoms with Gasteiger partial charge in [0.2, 0.25) is 5.91 Å². The Kier molecular flexibility index (Phi) is 6.58. The van der Waals surface area contributed by atoms with E-state index in [0.717, 1.165) is 25.9 Å². The molecule has 1 fully saturated rings. The third kappa shape index (κ3) is 5.15. The van der Waals surface area contributed by atoms with Gasteiger partial charge in [-0.25, -0.2) is 0 Å². The number of hydrogen-bond acceptors (Lipinski definition) is 3. The molecule has 1 aliphatic heterocycles. The van der Waals surface area contributed by atoms with E-state index in [9.17, 15) is 9.59 Å². The van der Waals surface area contributed by atoms with Crippen molar-refractivity contribution in [3.63, 3.8) is 0 Å². The van der Waals surface area contributed by atoms with Crippen LogP contribution in [0.3, 0.4) is 0 Å². The zero-order chi connectivity index (χ0) is 19.2. The molecule has 1 heterocycles. The fraction of sp³-hybridized carbons (Fsp3) is 0.300. The number of carbonyl (C=O) groups excluding carboxylic acids is 2. The SMILES string of the molecule is O=C(CNc1cccc(C(=O)N2CCCCC2)c1)Nc1cccc(Cl)c1Cl. The van der Waals surface area contributed by atoms with Crippen molar-refractivity contribution in [2.45, 2.75) is 19.3 Å². The molecule has 27 heavy (non-hydrogen) atoms. The van der Waals surface area contributed by atoms with Gasteiger partial charge in [0.05, 0.1) is 22.3 Å². The van der Waals surface area contributed by atoms with E-state index in [1.165, 1.54) is 6.42 Å². The molecule has 0 radical (unpaired) electrons. The Hall–Kier alpha value is -2.24. The Morgan fingerprint density at radius 2 is 1.74 bits per heavy atom. The molecule has 2 aromatic carbocycles. The summed E-state index contributed by atoms with van der Waals surface area (Å²) in [6.45, 7) is 1.66. The molecule has 2 aromatic rings. The van der Waals surface area contributed by atoms with E-state index in [1.54, 1.807) is 30.3 Å². The largest absolute Gasteiger partial charge is 0.376 e. The lowest BCUT2D eigenvalue weighted by atomic mass is 10.1. The van der Waals surface area contributed by atoms with Gasteiger partial charge in [0.15, 0.2) is 0 Å². The lowest BCUT2D eigenvalue weighted by Crippen LogP contribution is -2.35. The van der Waals surface area contributed by atoms with Crippen molar-refractivity contribution in [3.05, 3.63) is 58.1 Å². The Bertz CT molecular complexity index is 836. The van der Waals surface area contributed by atoms with Crippen LogP contribution in [0.2, 0.25) is 10.0 Å². The lowest BCUT2D eigenvalue weighted by Gasteiger charge is -2.26. The van der Waals surface area contributed by atoms with Gasteiger partial charge in [-0.2, -0.15) is 0 Å². The highest BCUT2D eigenvalue weighted by Crippen LogP contribution is 2.29. The first-order chi connectivity index (χ1) is 13.0. The summed E-state index contributed by atoms with van der Waals surface area (Å²) in [5.41, 5.74) is 1.80. The molecule has 5 nitrogen and oxygen atoms in total. The second-order valence-corrected chi connectivity index (χ2v) is 7.22. The highest BCUT2D eigenvalue weighted by Gasteiger charge is 2.18. The average molecular weight is 406 g/mol. The number of benzene rings is 2. The van der Waals surface area contributed by atoms with Gasteiger partial charge in [-0.15, -0.1) is 0 Å². The fourth-order valence-corrected chi connectivity index (χ4v) is 3.37. The minimum absolute atomic E-state index is 0.0357. The lowest BCUT2D eigenvalue weighted by molar-refractivity contribution is -0.114. The first-order valence-electron chi connectivity index (χ1n) is 8.91. The summed E-state index contributed by atoms with van der Waals surface area (Å²) in [6, 6.07) is 12.3. The van der Waals surface area contributed by atoms with Crippen LogP contribution < -0.4 is 10.6 Å². The Balaban J connectivity index is 1.58. The standard InChI is InChI=1S/C20H21Cl2N3O2/c21-16-8-5-9-17(19(16)22)24-18(26)13-23-15-7-4-6-14(12-15)20(27)25-10-2-1-3-11-25/h4-9,12,23H,1-3,10-11,13H2,(H,24,26). The molecular weight excluding hydrogens is 385 g/mol. The molecule has 7 heteroatoms. The number of nitrogens with zero attached hydrogens (tertiary/aromatic N) is 1. The number of amides is 2. The van der Waals surface area contributed by atoms with E-state index in [1.807, 2.05) is 17.0 Å². The molecule has 0 atom stereocenters. The van der Waals surface area contributed by atoms with Crippen molar-refractivity contribution in [1.29, 1.82) is 0 Å². The highest BCUT2D eigenvalue weighted by molar-refractivity contribution is 6.44. The monoisotopic (exact) mass is 405 g/mol. The Morgan fingerprint density at radius 3 is 2.52 bits per heavy atom. The molecular formula is C20H21Cl2N3O2. The second-order valence-electron chi connectivity index (χ2n) is 6.44. The summed E-state index contributed by atoms with van der Waals surface area (Å²) in [6.07, 6.45) is 3.28. The summed E-state index contributed by atoms with van der Waals surface area (Å²) >= 11 is 12.0. The third-order valence-corrected chi connectivity index (χ3v) is 5.25. The van der Waals surface area contributed by atoms with Gasteiger partial charge in [-0.3, -0.25) is 9.59 Å². The van der Waals surface area contributed by atoms with E-state index < -0.39 is 0 Å². The Labute approximate surface area is 168 Å². The number of carbonyl (C=O) groups is 2. The number of anilines is 2. The van der Waals surface area contributed by atoms with Crippen LogP contribution in [0.5, 0.6) is 0 Å². The highest BCUT2D eigenvalue weighted by atomic mass is 35.5. The van der Waals surface area contributed by atoms with Crippen molar-refractivity contribution in [2.24, 2.45) is 0 Å². The van der Waals surface area contributed by atoms with E-state index >= 15 is 0 Å². The number of likely N-dealkylation sites (tertiary alicyclic amines) is 1. The van der Waals surface area contributed by atoms with Crippen LogP contribution in [0.25, 0.3) is 0 Å². The van der Waals surface area contributed by atoms with E-state index in [-0.39, 0.29) is 18.4 Å². The van der Waals surface area contributed by atoms with Gasteiger partial charge in [0.25, 0.3) is 5.91 Å². The van der Waals surface area contributed by atoms with E-state index in [0.29, 0.717) is 27.0 Å². The Morgan fingerprint density at radius 1 is 1.00 bits per heavy atom. The van der Waals surface area contributed by atoms with Crippen molar-refractivity contribution in [2.75, 3.05) is 30.3 Å². The van der Waals surface area contributed by atoms with Crippen molar-refractivity contribution in [3.8, 4) is 0 Å². The third-order valence-electron chi connectivity index (χ3n) is 4.43. The summed E-state index contributed by atoms with van der Waals surface area (Å²) in [5, 5.41) is 6.44. The van der Waals surface area contributed by atoms with Crippen molar-refractivity contribution < 1.29 is 9.59 Å². The summed E-state index contributed by atoms with van der Waals surface area (Å²) in [7, 11) is 0.